The predicted octanol–water partition coefficient (Wildman–Crippen LogP) is 0.576. The molecular weight excluding hydrogens is 260 g/mol. The van der Waals surface area contributed by atoms with Gasteiger partial charge >= 0.3 is 5.97 Å². The Hall–Kier alpha value is -1.95. The molecule has 1 aromatic rings. The Morgan fingerprint density at radius 1 is 1.25 bits per heavy atom. The third-order valence-corrected chi connectivity index (χ3v) is 4.08. The molecule has 2 aliphatic heterocycles. The Morgan fingerprint density at radius 3 is 2.55 bits per heavy atom. The van der Waals surface area contributed by atoms with E-state index in [0.717, 1.165) is 18.4 Å². The molecule has 2 saturated heterocycles. The van der Waals surface area contributed by atoms with Crippen molar-refractivity contribution in [2.75, 3.05) is 0 Å². The van der Waals surface area contributed by atoms with E-state index in [4.69, 9.17) is 4.74 Å². The zero-order valence-electron chi connectivity index (χ0n) is 10.9. The van der Waals surface area contributed by atoms with Gasteiger partial charge in [0.2, 0.25) is 5.91 Å². The lowest BCUT2D eigenvalue weighted by Gasteiger charge is -2.23. The Balaban J connectivity index is 1.66. The van der Waals surface area contributed by atoms with Crippen molar-refractivity contribution in [3.63, 3.8) is 0 Å². The number of aliphatic carboxylic acids is 1. The number of nitrogens with zero attached hydrogens (tertiary/aromatic N) is 1. The van der Waals surface area contributed by atoms with E-state index in [1.54, 1.807) is 12.4 Å². The van der Waals surface area contributed by atoms with Crippen LogP contribution in [-0.2, 0) is 20.9 Å². The van der Waals surface area contributed by atoms with Gasteiger partial charge in [0.05, 0.1) is 24.0 Å². The van der Waals surface area contributed by atoms with Gasteiger partial charge in [-0.2, -0.15) is 0 Å². The molecule has 2 N–H and O–H groups in total. The number of carboxylic acid groups (broad SMARTS) is 1. The number of carbonyl (C=O) groups excluding carboxylic acids is 1. The number of carboxylic acids is 1. The minimum atomic E-state index is -0.943. The molecule has 3 heterocycles. The summed E-state index contributed by atoms with van der Waals surface area (Å²) in [6, 6.07) is 3.62. The molecule has 1 aromatic heterocycles. The normalized spacial score (nSPS) is 31.2. The van der Waals surface area contributed by atoms with Gasteiger partial charge in [0.25, 0.3) is 0 Å². The summed E-state index contributed by atoms with van der Waals surface area (Å²) in [6.07, 6.45) is 4.25. The number of amides is 1. The molecule has 6 nitrogen and oxygen atoms in total. The van der Waals surface area contributed by atoms with Crippen LogP contribution in [0.3, 0.4) is 0 Å². The van der Waals surface area contributed by atoms with Crippen LogP contribution < -0.4 is 5.32 Å². The van der Waals surface area contributed by atoms with Gasteiger partial charge in [0.15, 0.2) is 0 Å². The molecule has 6 heteroatoms. The topological polar surface area (TPSA) is 88.5 Å². The van der Waals surface area contributed by atoms with Crippen molar-refractivity contribution in [1.82, 2.24) is 10.3 Å². The molecule has 106 valence electrons. The summed E-state index contributed by atoms with van der Waals surface area (Å²) in [5.74, 6) is -2.47. The molecule has 4 atom stereocenters. The lowest BCUT2D eigenvalue weighted by atomic mass is 9.78. The number of carbonyl (C=O) groups is 2. The maximum absolute atomic E-state index is 12.3. The van der Waals surface area contributed by atoms with Gasteiger partial charge in [0, 0.05) is 18.9 Å². The number of rotatable bonds is 4. The van der Waals surface area contributed by atoms with Crippen LogP contribution in [0.25, 0.3) is 0 Å². The van der Waals surface area contributed by atoms with Crippen LogP contribution in [0.4, 0.5) is 0 Å². The fourth-order valence-corrected chi connectivity index (χ4v) is 3.13. The number of nitrogens with one attached hydrogen (secondary N) is 1. The second kappa shape index (κ2) is 5.20. The molecule has 0 radical (unpaired) electrons. The monoisotopic (exact) mass is 276 g/mol. The zero-order chi connectivity index (χ0) is 14.1. The summed E-state index contributed by atoms with van der Waals surface area (Å²) >= 11 is 0. The molecule has 2 fully saturated rings. The molecule has 0 aromatic carbocycles. The molecule has 0 aliphatic carbocycles. The Bertz CT molecular complexity index is 519. The second-order valence-corrected chi connectivity index (χ2v) is 5.25. The lowest BCUT2D eigenvalue weighted by molar-refractivity contribution is -0.147. The number of hydrogen-bond acceptors (Lipinski definition) is 4. The van der Waals surface area contributed by atoms with Crippen LogP contribution in [0.5, 0.6) is 0 Å². The summed E-state index contributed by atoms with van der Waals surface area (Å²) in [4.78, 5) is 27.5. The number of ether oxygens (including phenoxy) is 1. The highest BCUT2D eigenvalue weighted by Crippen LogP contribution is 2.43. The number of pyridine rings is 1. The van der Waals surface area contributed by atoms with E-state index in [0.29, 0.717) is 6.54 Å². The van der Waals surface area contributed by atoms with Gasteiger partial charge in [-0.05, 0) is 30.5 Å². The van der Waals surface area contributed by atoms with Gasteiger partial charge < -0.3 is 15.2 Å². The lowest BCUT2D eigenvalue weighted by Crippen LogP contribution is -2.43. The molecule has 3 rings (SSSR count). The van der Waals surface area contributed by atoms with Crippen LogP contribution in [0, 0.1) is 11.8 Å². The largest absolute Gasteiger partial charge is 0.481 e. The third kappa shape index (κ3) is 2.27. The maximum Gasteiger partial charge on any atom is 0.310 e. The van der Waals surface area contributed by atoms with Crippen molar-refractivity contribution in [2.45, 2.75) is 31.6 Å². The van der Waals surface area contributed by atoms with Gasteiger partial charge in [-0.1, -0.05) is 0 Å². The van der Waals surface area contributed by atoms with Gasteiger partial charge in [0.1, 0.15) is 0 Å². The summed E-state index contributed by atoms with van der Waals surface area (Å²) in [7, 11) is 0. The second-order valence-electron chi connectivity index (χ2n) is 5.25. The number of fused-ring (bicyclic) bond motifs is 2. The maximum atomic E-state index is 12.3. The van der Waals surface area contributed by atoms with E-state index in [9.17, 15) is 14.7 Å². The minimum Gasteiger partial charge on any atom is -0.481 e. The van der Waals surface area contributed by atoms with E-state index in [1.165, 1.54) is 0 Å². The molecular formula is C14H16N2O4. The van der Waals surface area contributed by atoms with Crippen molar-refractivity contribution >= 4 is 11.9 Å². The Kier molecular flexibility index (Phi) is 3.40. The molecule has 1 amide bonds. The van der Waals surface area contributed by atoms with Crippen LogP contribution >= 0.6 is 0 Å². The number of aromatic nitrogens is 1. The van der Waals surface area contributed by atoms with Crippen LogP contribution in [0.1, 0.15) is 18.4 Å². The summed E-state index contributed by atoms with van der Waals surface area (Å²) in [5.41, 5.74) is 0.935. The average Bonchev–Trinajstić information content (AvgIpc) is 3.06. The SMILES string of the molecule is O=C(NCc1ccncc1)[C@@H]1[C@H](C(=O)O)[C@H]2CC[C@H]1O2. The highest BCUT2D eigenvalue weighted by atomic mass is 16.5. The minimum absolute atomic E-state index is 0.235. The highest BCUT2D eigenvalue weighted by Gasteiger charge is 2.55. The summed E-state index contributed by atoms with van der Waals surface area (Å²) < 4.78 is 5.58. The Morgan fingerprint density at radius 2 is 1.90 bits per heavy atom. The molecule has 20 heavy (non-hydrogen) atoms. The standard InChI is InChI=1S/C14H16N2O4/c17-13(16-7-8-3-5-15-6-4-8)11-9-1-2-10(20-9)12(11)14(18)19/h3-6,9-12H,1-2,7H2,(H,16,17)(H,18,19)/t9-,10-,11+,12-/m1/s1. The van der Waals surface area contributed by atoms with Gasteiger partial charge in [-0.3, -0.25) is 14.6 Å². The first kappa shape index (κ1) is 13.1. The van der Waals surface area contributed by atoms with Crippen molar-refractivity contribution in [1.29, 1.82) is 0 Å². The van der Waals surface area contributed by atoms with Gasteiger partial charge in [-0.25, -0.2) is 0 Å². The van der Waals surface area contributed by atoms with Crippen molar-refractivity contribution in [3.8, 4) is 0 Å². The molecule has 0 saturated carbocycles. The van der Waals surface area contributed by atoms with Crippen molar-refractivity contribution in [3.05, 3.63) is 30.1 Å². The molecule has 2 bridgehead atoms. The quantitative estimate of drug-likeness (QED) is 0.839. The molecule has 0 spiro atoms. The fourth-order valence-electron chi connectivity index (χ4n) is 3.13. The fraction of sp³-hybridized carbons (Fsp3) is 0.500. The predicted molar refractivity (Wildman–Crippen MR) is 68.6 cm³/mol. The van der Waals surface area contributed by atoms with Crippen LogP contribution in [0.15, 0.2) is 24.5 Å². The van der Waals surface area contributed by atoms with E-state index >= 15 is 0 Å². The van der Waals surface area contributed by atoms with Gasteiger partial charge in [-0.15, -0.1) is 0 Å². The first-order valence-corrected chi connectivity index (χ1v) is 6.71. The van der Waals surface area contributed by atoms with Crippen molar-refractivity contribution < 1.29 is 19.4 Å². The zero-order valence-corrected chi connectivity index (χ0v) is 10.9. The molecule has 2 aliphatic rings. The Labute approximate surface area is 116 Å². The van der Waals surface area contributed by atoms with Crippen LogP contribution in [0.2, 0.25) is 0 Å². The summed E-state index contributed by atoms with van der Waals surface area (Å²) in [5, 5.41) is 12.1. The highest BCUT2D eigenvalue weighted by molar-refractivity contribution is 5.86. The smallest absolute Gasteiger partial charge is 0.310 e. The first-order valence-electron chi connectivity index (χ1n) is 6.71. The molecule has 0 unspecified atom stereocenters. The van der Waals surface area contributed by atoms with E-state index < -0.39 is 17.8 Å². The van der Waals surface area contributed by atoms with Crippen LogP contribution in [-0.4, -0.2) is 34.2 Å². The number of hydrogen-bond donors (Lipinski definition) is 2. The summed E-state index contributed by atoms with van der Waals surface area (Å²) in [6.45, 7) is 0.377. The van der Waals surface area contributed by atoms with E-state index in [1.807, 2.05) is 12.1 Å². The van der Waals surface area contributed by atoms with Crippen molar-refractivity contribution in [2.24, 2.45) is 11.8 Å². The van der Waals surface area contributed by atoms with E-state index in [-0.39, 0.29) is 18.1 Å². The first-order chi connectivity index (χ1) is 9.66. The third-order valence-electron chi connectivity index (χ3n) is 4.08. The average molecular weight is 276 g/mol. The van der Waals surface area contributed by atoms with E-state index in [2.05, 4.69) is 10.3 Å².